The third-order valence-electron chi connectivity index (χ3n) is 2.65. The molecule has 1 aromatic heterocycles. The second-order valence-electron chi connectivity index (χ2n) is 3.65. The minimum atomic E-state index is 0.301. The normalized spacial score (nSPS) is 13.6. The van der Waals surface area contributed by atoms with Crippen LogP contribution in [0.3, 0.4) is 0 Å². The molecule has 0 spiro atoms. The monoisotopic (exact) mass is 236 g/mol. The molecular formula is C11H9ClN2O2. The van der Waals surface area contributed by atoms with Gasteiger partial charge in [-0.3, -0.25) is 0 Å². The van der Waals surface area contributed by atoms with Crippen molar-refractivity contribution in [2.75, 3.05) is 12.3 Å². The summed E-state index contributed by atoms with van der Waals surface area (Å²) in [7, 11) is 0. The first kappa shape index (κ1) is 9.54. The van der Waals surface area contributed by atoms with Crippen LogP contribution in [0.25, 0.3) is 11.1 Å². The largest absolute Gasteiger partial charge is 0.491 e. The molecule has 0 unspecified atom stereocenters. The average Bonchev–Trinajstić information content (AvgIpc) is 2.85. The Labute approximate surface area is 96.9 Å². The molecule has 2 aromatic rings. The van der Waals surface area contributed by atoms with Gasteiger partial charge in [0.05, 0.1) is 23.4 Å². The van der Waals surface area contributed by atoms with E-state index >= 15 is 0 Å². The van der Waals surface area contributed by atoms with Gasteiger partial charge < -0.3 is 15.0 Å². The van der Waals surface area contributed by atoms with Crippen LogP contribution in [-0.2, 0) is 6.42 Å². The van der Waals surface area contributed by atoms with E-state index in [4.69, 9.17) is 26.6 Å². The maximum Gasteiger partial charge on any atom is 0.229 e. The predicted molar refractivity (Wildman–Crippen MR) is 60.6 cm³/mol. The smallest absolute Gasteiger partial charge is 0.229 e. The molecular weight excluding hydrogens is 228 g/mol. The first-order valence-corrected chi connectivity index (χ1v) is 5.29. The van der Waals surface area contributed by atoms with Crippen molar-refractivity contribution >= 4 is 17.5 Å². The first-order valence-electron chi connectivity index (χ1n) is 4.91. The fourth-order valence-electron chi connectivity index (χ4n) is 1.88. The highest BCUT2D eigenvalue weighted by Crippen LogP contribution is 2.38. The van der Waals surface area contributed by atoms with Crippen LogP contribution in [0.4, 0.5) is 5.88 Å². The molecule has 1 aromatic carbocycles. The van der Waals surface area contributed by atoms with E-state index < -0.39 is 0 Å². The number of ether oxygens (including phenoxy) is 1. The lowest BCUT2D eigenvalue weighted by Crippen LogP contribution is -1.87. The van der Waals surface area contributed by atoms with Gasteiger partial charge in [-0.2, -0.15) is 0 Å². The van der Waals surface area contributed by atoms with Gasteiger partial charge in [0, 0.05) is 6.42 Å². The topological polar surface area (TPSA) is 61.3 Å². The van der Waals surface area contributed by atoms with Gasteiger partial charge in [0.15, 0.2) is 0 Å². The molecule has 3 rings (SSSR count). The summed E-state index contributed by atoms with van der Waals surface area (Å²) in [6, 6.07) is 3.83. The van der Waals surface area contributed by atoms with Gasteiger partial charge in [-0.1, -0.05) is 16.8 Å². The minimum absolute atomic E-state index is 0.301. The average molecular weight is 237 g/mol. The second-order valence-corrected chi connectivity index (χ2v) is 4.06. The van der Waals surface area contributed by atoms with Crippen molar-refractivity contribution in [1.82, 2.24) is 5.16 Å². The molecule has 2 N–H and O–H groups in total. The summed E-state index contributed by atoms with van der Waals surface area (Å²) in [4.78, 5) is 0. The zero-order valence-electron chi connectivity index (χ0n) is 8.37. The molecule has 1 aliphatic heterocycles. The third-order valence-corrected chi connectivity index (χ3v) is 2.93. The van der Waals surface area contributed by atoms with Gasteiger partial charge in [0.2, 0.25) is 5.88 Å². The van der Waals surface area contributed by atoms with Crippen LogP contribution in [0.1, 0.15) is 5.56 Å². The van der Waals surface area contributed by atoms with Crippen molar-refractivity contribution in [3.63, 3.8) is 0 Å². The van der Waals surface area contributed by atoms with E-state index in [0.29, 0.717) is 17.5 Å². The standard InChI is InChI=1S/C11H9ClN2O2/c12-9-4-7(8-5-14-16-11(8)13)3-6-1-2-15-10(6)9/h3-5H,1-2,13H2. The van der Waals surface area contributed by atoms with E-state index in [0.717, 1.165) is 28.9 Å². The Bertz CT molecular complexity index is 551. The zero-order valence-corrected chi connectivity index (χ0v) is 9.12. The van der Waals surface area contributed by atoms with E-state index in [1.54, 1.807) is 6.20 Å². The Morgan fingerprint density at radius 3 is 3.00 bits per heavy atom. The molecule has 0 atom stereocenters. The number of nitrogens with two attached hydrogens (primary N) is 1. The first-order chi connectivity index (χ1) is 7.75. The summed E-state index contributed by atoms with van der Waals surface area (Å²) >= 11 is 6.13. The fourth-order valence-corrected chi connectivity index (χ4v) is 2.18. The Balaban J connectivity index is 2.17. The van der Waals surface area contributed by atoms with Crippen LogP contribution in [0.2, 0.25) is 5.02 Å². The number of halogens is 1. The van der Waals surface area contributed by atoms with Gasteiger partial charge in [0.25, 0.3) is 0 Å². The maximum atomic E-state index is 6.13. The minimum Gasteiger partial charge on any atom is -0.491 e. The molecule has 0 aliphatic carbocycles. The zero-order chi connectivity index (χ0) is 11.1. The molecule has 0 saturated heterocycles. The molecule has 16 heavy (non-hydrogen) atoms. The van der Waals surface area contributed by atoms with Crippen LogP contribution in [0, 0.1) is 0 Å². The van der Waals surface area contributed by atoms with Crippen LogP contribution >= 0.6 is 11.6 Å². The molecule has 0 bridgehead atoms. The van der Waals surface area contributed by atoms with Gasteiger partial charge in [-0.05, 0) is 23.3 Å². The Morgan fingerprint density at radius 1 is 1.38 bits per heavy atom. The van der Waals surface area contributed by atoms with Crippen molar-refractivity contribution < 1.29 is 9.26 Å². The van der Waals surface area contributed by atoms with Crippen molar-refractivity contribution in [3.05, 3.63) is 28.9 Å². The number of anilines is 1. The van der Waals surface area contributed by atoms with Gasteiger partial charge >= 0.3 is 0 Å². The second kappa shape index (κ2) is 3.42. The van der Waals surface area contributed by atoms with Gasteiger partial charge in [-0.25, -0.2) is 0 Å². The Morgan fingerprint density at radius 2 is 2.25 bits per heavy atom. The predicted octanol–water partition coefficient (Wildman–Crippen LogP) is 2.51. The molecule has 0 fully saturated rings. The molecule has 0 radical (unpaired) electrons. The summed E-state index contributed by atoms with van der Waals surface area (Å²) in [6.07, 6.45) is 2.46. The van der Waals surface area contributed by atoms with Crippen molar-refractivity contribution in [3.8, 4) is 16.9 Å². The van der Waals surface area contributed by atoms with E-state index in [1.807, 2.05) is 12.1 Å². The molecule has 4 nitrogen and oxygen atoms in total. The van der Waals surface area contributed by atoms with Gasteiger partial charge in [0.1, 0.15) is 5.75 Å². The lowest BCUT2D eigenvalue weighted by atomic mass is 10.0. The van der Waals surface area contributed by atoms with Crippen molar-refractivity contribution in [2.24, 2.45) is 0 Å². The van der Waals surface area contributed by atoms with E-state index in [9.17, 15) is 0 Å². The van der Waals surface area contributed by atoms with Crippen molar-refractivity contribution in [2.45, 2.75) is 6.42 Å². The quantitative estimate of drug-likeness (QED) is 0.827. The summed E-state index contributed by atoms with van der Waals surface area (Å²) in [5.41, 5.74) is 8.44. The fraction of sp³-hybridized carbons (Fsp3) is 0.182. The molecule has 82 valence electrons. The number of hydrogen-bond donors (Lipinski definition) is 1. The lowest BCUT2D eigenvalue weighted by molar-refractivity contribution is 0.357. The van der Waals surface area contributed by atoms with Gasteiger partial charge in [-0.15, -0.1) is 0 Å². The van der Waals surface area contributed by atoms with Crippen LogP contribution in [-0.4, -0.2) is 11.8 Å². The lowest BCUT2D eigenvalue weighted by Gasteiger charge is -2.05. The number of fused-ring (bicyclic) bond motifs is 1. The molecule has 0 saturated carbocycles. The van der Waals surface area contributed by atoms with E-state index in [1.165, 1.54) is 0 Å². The molecule has 5 heteroatoms. The van der Waals surface area contributed by atoms with E-state index in [-0.39, 0.29) is 0 Å². The Kier molecular flexibility index (Phi) is 2.04. The Hall–Kier alpha value is -1.68. The maximum absolute atomic E-state index is 6.13. The SMILES string of the molecule is Nc1oncc1-c1cc(Cl)c2c(c1)CCO2. The highest BCUT2D eigenvalue weighted by molar-refractivity contribution is 6.32. The number of aromatic nitrogens is 1. The number of nitrogens with zero attached hydrogens (tertiary/aromatic N) is 1. The molecule has 1 aliphatic rings. The number of nitrogen functional groups attached to an aromatic ring is 1. The third kappa shape index (κ3) is 1.34. The summed E-state index contributed by atoms with van der Waals surface area (Å²) in [5, 5.41) is 4.25. The van der Waals surface area contributed by atoms with Crippen LogP contribution in [0.5, 0.6) is 5.75 Å². The molecule has 2 heterocycles. The van der Waals surface area contributed by atoms with Crippen LogP contribution < -0.4 is 10.5 Å². The van der Waals surface area contributed by atoms with Crippen LogP contribution in [0.15, 0.2) is 22.9 Å². The summed E-state index contributed by atoms with van der Waals surface area (Å²) in [5.74, 6) is 1.08. The number of benzene rings is 1. The van der Waals surface area contributed by atoms with Crippen molar-refractivity contribution in [1.29, 1.82) is 0 Å². The summed E-state index contributed by atoms with van der Waals surface area (Å²) in [6.45, 7) is 0.678. The highest BCUT2D eigenvalue weighted by atomic mass is 35.5. The molecule has 0 amide bonds. The summed E-state index contributed by atoms with van der Waals surface area (Å²) < 4.78 is 10.3. The highest BCUT2D eigenvalue weighted by Gasteiger charge is 2.18. The van der Waals surface area contributed by atoms with E-state index in [2.05, 4.69) is 5.16 Å². The number of hydrogen-bond acceptors (Lipinski definition) is 4. The number of rotatable bonds is 1.